The lowest BCUT2D eigenvalue weighted by atomic mass is 9.97. The molecular weight excluding hydrogens is 466 g/mol. The predicted molar refractivity (Wildman–Crippen MR) is 131 cm³/mol. The van der Waals surface area contributed by atoms with Gasteiger partial charge in [-0.05, 0) is 49.2 Å². The molecule has 0 spiro atoms. The highest BCUT2D eigenvalue weighted by Crippen LogP contribution is 2.28. The highest BCUT2D eigenvalue weighted by Gasteiger charge is 2.40. The molecule has 2 heterocycles. The number of hydrogen-bond acceptors (Lipinski definition) is 7. The van der Waals surface area contributed by atoms with Gasteiger partial charge in [0.25, 0.3) is 0 Å². The molecule has 182 valence electrons. The fourth-order valence-corrected chi connectivity index (χ4v) is 6.21. The van der Waals surface area contributed by atoms with E-state index in [4.69, 9.17) is 16.4 Å². The molecular formula is C26H27N3O5S. The highest BCUT2D eigenvalue weighted by molar-refractivity contribution is 7.91. The average molecular weight is 494 g/mol. The van der Waals surface area contributed by atoms with Crippen LogP contribution in [0.15, 0.2) is 59.5 Å². The lowest BCUT2D eigenvalue weighted by Gasteiger charge is -2.17. The number of sulfone groups is 1. The number of carbonyl (C=O) groups excluding carboxylic acids is 1. The fourth-order valence-electron chi connectivity index (χ4n) is 4.56. The molecule has 1 aliphatic rings. The Morgan fingerprint density at radius 3 is 2.69 bits per heavy atom. The van der Waals surface area contributed by atoms with Gasteiger partial charge in [0.2, 0.25) is 5.91 Å². The third kappa shape index (κ3) is 5.62. The minimum absolute atomic E-state index is 0.147. The molecule has 0 aliphatic carbocycles. The van der Waals surface area contributed by atoms with Crippen LogP contribution in [0.2, 0.25) is 0 Å². The van der Waals surface area contributed by atoms with E-state index in [2.05, 4.69) is 10.9 Å². The number of benzene rings is 2. The average Bonchev–Trinajstić information content (AvgIpc) is 3.23. The van der Waals surface area contributed by atoms with E-state index in [9.17, 15) is 13.2 Å². The van der Waals surface area contributed by atoms with Crippen LogP contribution in [-0.4, -0.2) is 54.8 Å². The summed E-state index contributed by atoms with van der Waals surface area (Å²) in [5.41, 5.74) is 4.43. The number of pyridine rings is 1. The topological polar surface area (TPSA) is 109 Å². The van der Waals surface area contributed by atoms with E-state index in [-0.39, 0.29) is 10.6 Å². The van der Waals surface area contributed by atoms with Crippen LogP contribution in [-0.2, 0) is 21.2 Å². The molecule has 1 saturated heterocycles. The molecule has 2 unspecified atom stereocenters. The summed E-state index contributed by atoms with van der Waals surface area (Å²) in [5, 5.41) is 10.1. The van der Waals surface area contributed by atoms with Crippen molar-refractivity contribution >= 4 is 26.6 Å². The van der Waals surface area contributed by atoms with Crippen LogP contribution in [0.4, 0.5) is 0 Å². The van der Waals surface area contributed by atoms with Crippen molar-refractivity contribution in [1.82, 2.24) is 15.4 Å². The maximum Gasteiger partial charge on any atom is 0.248 e. The number of nitrogens with one attached hydrogen (secondary N) is 1. The Balaban J connectivity index is 1.45. The Labute approximate surface area is 204 Å². The minimum atomic E-state index is -3.68. The molecule has 9 heteroatoms. The third-order valence-corrected chi connectivity index (χ3v) is 8.08. The molecule has 8 nitrogen and oxygen atoms in total. The van der Waals surface area contributed by atoms with Gasteiger partial charge in [-0.1, -0.05) is 24.1 Å². The standard InChI is InChI=1S/C26H27N3O5S/c1-3-12-29-14-20(24(15-29)26(30)28-31)17-35(32,33)22-10-8-21(9-11-22)34-16-19-13-18(2)27-25-7-5-4-6-23(19)25/h1,4-11,13,20,24,31H,12,14-17H2,2H3,(H,28,30). The Bertz CT molecular complexity index is 1370. The van der Waals surface area contributed by atoms with Crippen LogP contribution < -0.4 is 10.2 Å². The van der Waals surface area contributed by atoms with Crippen molar-refractivity contribution in [2.24, 2.45) is 11.8 Å². The van der Waals surface area contributed by atoms with E-state index in [1.165, 1.54) is 12.1 Å². The summed E-state index contributed by atoms with van der Waals surface area (Å²) in [7, 11) is -3.68. The van der Waals surface area contributed by atoms with Crippen molar-refractivity contribution in [1.29, 1.82) is 0 Å². The van der Waals surface area contributed by atoms with Crippen LogP contribution in [0.1, 0.15) is 11.3 Å². The van der Waals surface area contributed by atoms with Gasteiger partial charge in [-0.25, -0.2) is 13.9 Å². The van der Waals surface area contributed by atoms with Gasteiger partial charge in [0.15, 0.2) is 9.84 Å². The predicted octanol–water partition coefficient (Wildman–Crippen LogP) is 2.58. The first-order valence-corrected chi connectivity index (χ1v) is 12.9. The summed E-state index contributed by atoms with van der Waals surface area (Å²) < 4.78 is 32.1. The van der Waals surface area contributed by atoms with Gasteiger partial charge >= 0.3 is 0 Å². The number of nitrogens with zero attached hydrogens (tertiary/aromatic N) is 2. The number of terminal acetylenes is 1. The van der Waals surface area contributed by atoms with Gasteiger partial charge in [0.05, 0.1) is 28.6 Å². The summed E-state index contributed by atoms with van der Waals surface area (Å²) in [4.78, 5) is 18.6. The SMILES string of the molecule is C#CCN1CC(CS(=O)(=O)c2ccc(OCc3cc(C)nc4ccccc34)cc2)C(C(=O)NO)C1. The molecule has 1 fully saturated rings. The summed E-state index contributed by atoms with van der Waals surface area (Å²) in [6, 6.07) is 16.1. The van der Waals surface area contributed by atoms with Crippen LogP contribution in [0.5, 0.6) is 5.75 Å². The number of ether oxygens (including phenoxy) is 1. The summed E-state index contributed by atoms with van der Waals surface area (Å²) in [6.45, 7) is 3.22. The van der Waals surface area contributed by atoms with Gasteiger partial charge in [-0.2, -0.15) is 0 Å². The van der Waals surface area contributed by atoms with Crippen LogP contribution in [0.25, 0.3) is 10.9 Å². The lowest BCUT2D eigenvalue weighted by Crippen LogP contribution is -2.35. The number of likely N-dealkylation sites (tertiary alicyclic amines) is 1. The number of para-hydroxylation sites is 1. The number of carbonyl (C=O) groups is 1. The second kappa shape index (κ2) is 10.4. The normalized spacial score (nSPS) is 18.3. The van der Waals surface area contributed by atoms with E-state index in [0.29, 0.717) is 32.0 Å². The third-order valence-electron chi connectivity index (χ3n) is 6.22. The molecule has 1 aromatic heterocycles. The largest absolute Gasteiger partial charge is 0.489 e. The molecule has 35 heavy (non-hydrogen) atoms. The Hall–Kier alpha value is -3.45. The van der Waals surface area contributed by atoms with E-state index < -0.39 is 27.6 Å². The molecule has 0 radical (unpaired) electrons. The van der Waals surface area contributed by atoms with E-state index in [1.807, 2.05) is 42.2 Å². The van der Waals surface area contributed by atoms with Crippen LogP contribution in [0, 0.1) is 31.1 Å². The molecule has 1 aliphatic heterocycles. The number of fused-ring (bicyclic) bond motifs is 1. The van der Waals surface area contributed by atoms with E-state index in [1.54, 1.807) is 17.6 Å². The monoisotopic (exact) mass is 493 g/mol. The van der Waals surface area contributed by atoms with Crippen molar-refractivity contribution in [2.45, 2.75) is 18.4 Å². The van der Waals surface area contributed by atoms with Crippen molar-refractivity contribution in [3.63, 3.8) is 0 Å². The number of aromatic nitrogens is 1. The summed E-state index contributed by atoms with van der Waals surface area (Å²) in [6.07, 6.45) is 5.36. The second-order valence-corrected chi connectivity index (χ2v) is 10.8. The Morgan fingerprint density at radius 1 is 1.23 bits per heavy atom. The van der Waals surface area contributed by atoms with Crippen LogP contribution >= 0.6 is 0 Å². The highest BCUT2D eigenvalue weighted by atomic mass is 32.2. The first kappa shape index (κ1) is 24.7. The van der Waals surface area contributed by atoms with Gasteiger partial charge in [-0.15, -0.1) is 6.42 Å². The number of hydroxylamine groups is 1. The molecule has 0 bridgehead atoms. The maximum atomic E-state index is 13.1. The summed E-state index contributed by atoms with van der Waals surface area (Å²) in [5.74, 6) is 1.07. The Morgan fingerprint density at radius 2 is 1.97 bits per heavy atom. The maximum absolute atomic E-state index is 13.1. The molecule has 4 rings (SSSR count). The van der Waals surface area contributed by atoms with E-state index >= 15 is 0 Å². The van der Waals surface area contributed by atoms with Crippen molar-refractivity contribution in [3.8, 4) is 18.1 Å². The smallest absolute Gasteiger partial charge is 0.248 e. The first-order chi connectivity index (χ1) is 16.8. The molecule has 2 N–H and O–H groups in total. The van der Waals surface area contributed by atoms with Crippen molar-refractivity contribution in [3.05, 3.63) is 65.9 Å². The first-order valence-electron chi connectivity index (χ1n) is 11.2. The number of amides is 1. The minimum Gasteiger partial charge on any atom is -0.489 e. The zero-order valence-electron chi connectivity index (χ0n) is 19.3. The van der Waals surface area contributed by atoms with Crippen molar-refractivity contribution < 1.29 is 23.2 Å². The van der Waals surface area contributed by atoms with Gasteiger partial charge < -0.3 is 4.74 Å². The number of hydrogen-bond donors (Lipinski definition) is 2. The number of rotatable bonds is 8. The van der Waals surface area contributed by atoms with Gasteiger partial charge in [-0.3, -0.25) is 19.9 Å². The molecule has 3 aromatic rings. The Kier molecular flexibility index (Phi) is 7.36. The lowest BCUT2D eigenvalue weighted by molar-refractivity contribution is -0.133. The van der Waals surface area contributed by atoms with Gasteiger partial charge in [0.1, 0.15) is 12.4 Å². The zero-order chi connectivity index (χ0) is 25.0. The second-order valence-electron chi connectivity index (χ2n) is 8.72. The van der Waals surface area contributed by atoms with E-state index in [0.717, 1.165) is 22.2 Å². The summed E-state index contributed by atoms with van der Waals surface area (Å²) >= 11 is 0. The molecule has 2 aromatic carbocycles. The zero-order valence-corrected chi connectivity index (χ0v) is 20.2. The molecule has 0 saturated carbocycles. The van der Waals surface area contributed by atoms with Crippen LogP contribution in [0.3, 0.4) is 0 Å². The van der Waals surface area contributed by atoms with Gasteiger partial charge in [0, 0.05) is 29.7 Å². The van der Waals surface area contributed by atoms with Crippen molar-refractivity contribution in [2.75, 3.05) is 25.4 Å². The quantitative estimate of drug-likeness (QED) is 0.282. The molecule has 1 amide bonds. The fraction of sp³-hybridized carbons (Fsp3) is 0.308. The molecule has 2 atom stereocenters. The number of aryl methyl sites for hydroxylation is 1.